The van der Waals surface area contributed by atoms with Crippen molar-refractivity contribution in [3.05, 3.63) is 64.5 Å². The lowest BCUT2D eigenvalue weighted by Gasteiger charge is -2.35. The Morgan fingerprint density at radius 1 is 1.13 bits per heavy atom. The Hall–Kier alpha value is -2.77. The quantitative estimate of drug-likeness (QED) is 0.687. The molecule has 2 aromatic rings. The molecule has 1 aromatic heterocycles. The summed E-state index contributed by atoms with van der Waals surface area (Å²) >= 11 is 0. The van der Waals surface area contributed by atoms with Crippen molar-refractivity contribution >= 4 is 11.9 Å². The number of carbonyl (C=O) groups is 2. The second-order valence-corrected chi connectivity index (χ2v) is 7.95. The van der Waals surface area contributed by atoms with Crippen LogP contribution < -0.4 is 5.32 Å². The maximum atomic E-state index is 12.6. The molecule has 7 heteroatoms. The molecule has 3 rings (SSSR count). The topological polar surface area (TPSA) is 80.8 Å². The largest absolute Gasteiger partial charge is 0.462 e. The third kappa shape index (κ3) is 6.12. The zero-order chi connectivity index (χ0) is 22.4. The predicted molar refractivity (Wildman–Crippen MR) is 118 cm³/mol. The van der Waals surface area contributed by atoms with Crippen molar-refractivity contribution in [3.63, 3.8) is 0 Å². The Kier molecular flexibility index (Phi) is 7.76. The molecular formula is C24H31N3O4. The average Bonchev–Trinajstić information content (AvgIpc) is 2.72. The lowest BCUT2D eigenvalue weighted by molar-refractivity contribution is -0.0705. The third-order valence-corrected chi connectivity index (χ3v) is 5.26. The number of ether oxygens (including phenoxy) is 2. The van der Waals surface area contributed by atoms with Gasteiger partial charge in [-0.1, -0.05) is 24.3 Å². The number of hydrogen-bond acceptors (Lipinski definition) is 6. The van der Waals surface area contributed by atoms with Crippen LogP contribution in [0.1, 0.15) is 58.4 Å². The fourth-order valence-corrected chi connectivity index (χ4v) is 3.92. The number of esters is 1. The minimum absolute atomic E-state index is 0.211. The van der Waals surface area contributed by atoms with Gasteiger partial charge in [-0.3, -0.25) is 9.69 Å². The van der Waals surface area contributed by atoms with Gasteiger partial charge in [0, 0.05) is 26.2 Å². The van der Waals surface area contributed by atoms with Crippen LogP contribution in [0, 0.1) is 6.92 Å². The molecule has 0 saturated carbocycles. The Morgan fingerprint density at radius 3 is 2.45 bits per heavy atom. The van der Waals surface area contributed by atoms with Gasteiger partial charge in [-0.25, -0.2) is 9.78 Å². The summed E-state index contributed by atoms with van der Waals surface area (Å²) < 4.78 is 10.8. The van der Waals surface area contributed by atoms with Gasteiger partial charge in [-0.05, 0) is 51.0 Å². The second-order valence-electron chi connectivity index (χ2n) is 7.95. The standard InChI is InChI=1S/C24H31N3O4/c1-5-30-24(29)21-10-11-22(26-18(21)4)23(28)25-12-19-8-6-7-9-20(19)15-27-13-16(2)31-17(3)14-27/h6-11,16-17H,5,12-15H2,1-4H3,(H,25,28). The van der Waals surface area contributed by atoms with Gasteiger partial charge < -0.3 is 14.8 Å². The molecule has 1 aliphatic heterocycles. The highest BCUT2D eigenvalue weighted by molar-refractivity contribution is 5.95. The van der Waals surface area contributed by atoms with Gasteiger partial charge in [0.05, 0.1) is 30.1 Å². The first-order valence-electron chi connectivity index (χ1n) is 10.7. The number of benzene rings is 1. The second kappa shape index (κ2) is 10.5. The number of hydrogen-bond donors (Lipinski definition) is 1. The molecular weight excluding hydrogens is 394 g/mol. The predicted octanol–water partition coefficient (Wildman–Crippen LogP) is 3.11. The van der Waals surface area contributed by atoms with Crippen LogP contribution in [-0.2, 0) is 22.6 Å². The number of amides is 1. The number of carbonyl (C=O) groups excluding carboxylic acids is 2. The van der Waals surface area contributed by atoms with E-state index in [0.29, 0.717) is 24.4 Å². The highest BCUT2D eigenvalue weighted by Gasteiger charge is 2.23. The van der Waals surface area contributed by atoms with Crippen LogP contribution in [0.15, 0.2) is 36.4 Å². The summed E-state index contributed by atoms with van der Waals surface area (Å²) in [4.78, 5) is 31.2. The fourth-order valence-electron chi connectivity index (χ4n) is 3.92. The SMILES string of the molecule is CCOC(=O)c1ccc(C(=O)NCc2ccccc2CN2CC(C)OC(C)C2)nc1C. The number of aryl methyl sites for hydroxylation is 1. The van der Waals surface area contributed by atoms with E-state index in [9.17, 15) is 9.59 Å². The average molecular weight is 426 g/mol. The van der Waals surface area contributed by atoms with Gasteiger partial charge in [-0.2, -0.15) is 0 Å². The number of nitrogens with zero attached hydrogens (tertiary/aromatic N) is 2. The van der Waals surface area contributed by atoms with Crippen molar-refractivity contribution in [2.75, 3.05) is 19.7 Å². The number of aromatic nitrogens is 1. The number of nitrogens with one attached hydrogen (secondary N) is 1. The van der Waals surface area contributed by atoms with Gasteiger partial charge in [0.25, 0.3) is 5.91 Å². The Balaban J connectivity index is 1.64. The van der Waals surface area contributed by atoms with E-state index in [1.165, 1.54) is 5.56 Å². The maximum Gasteiger partial charge on any atom is 0.339 e. The van der Waals surface area contributed by atoms with Crippen LogP contribution >= 0.6 is 0 Å². The van der Waals surface area contributed by atoms with Crippen molar-refractivity contribution in [3.8, 4) is 0 Å². The molecule has 0 radical (unpaired) electrons. The van der Waals surface area contributed by atoms with Gasteiger partial charge >= 0.3 is 5.97 Å². The fraction of sp³-hybridized carbons (Fsp3) is 0.458. The molecule has 1 amide bonds. The Morgan fingerprint density at radius 2 is 1.81 bits per heavy atom. The van der Waals surface area contributed by atoms with E-state index in [1.807, 2.05) is 18.2 Å². The molecule has 0 aliphatic carbocycles. The molecule has 2 heterocycles. The van der Waals surface area contributed by atoms with E-state index in [-0.39, 0.29) is 23.8 Å². The van der Waals surface area contributed by atoms with Crippen LogP contribution in [0.3, 0.4) is 0 Å². The first-order chi connectivity index (χ1) is 14.9. The normalized spacial score (nSPS) is 19.1. The van der Waals surface area contributed by atoms with E-state index in [1.54, 1.807) is 26.0 Å². The van der Waals surface area contributed by atoms with Crippen molar-refractivity contribution in [1.82, 2.24) is 15.2 Å². The van der Waals surface area contributed by atoms with E-state index in [4.69, 9.17) is 9.47 Å². The van der Waals surface area contributed by atoms with E-state index in [2.05, 4.69) is 35.1 Å². The zero-order valence-corrected chi connectivity index (χ0v) is 18.7. The summed E-state index contributed by atoms with van der Waals surface area (Å²) in [6, 6.07) is 11.3. The summed E-state index contributed by atoms with van der Waals surface area (Å²) in [5.41, 5.74) is 3.38. The van der Waals surface area contributed by atoms with Crippen molar-refractivity contribution in [1.29, 1.82) is 0 Å². The molecule has 2 atom stereocenters. The molecule has 31 heavy (non-hydrogen) atoms. The molecule has 1 aliphatic rings. The van der Waals surface area contributed by atoms with Crippen molar-refractivity contribution in [2.45, 2.75) is 53.0 Å². The Labute approximate surface area is 183 Å². The number of morpholine rings is 1. The number of rotatable bonds is 7. The van der Waals surface area contributed by atoms with E-state index < -0.39 is 5.97 Å². The molecule has 0 bridgehead atoms. The monoisotopic (exact) mass is 425 g/mol. The van der Waals surface area contributed by atoms with Crippen LogP contribution in [0.2, 0.25) is 0 Å². The summed E-state index contributed by atoms with van der Waals surface area (Å²) in [7, 11) is 0. The first-order valence-corrected chi connectivity index (χ1v) is 10.7. The number of pyridine rings is 1. The molecule has 1 saturated heterocycles. The van der Waals surface area contributed by atoms with Gasteiger partial charge in [0.2, 0.25) is 0 Å². The molecule has 1 aromatic carbocycles. The minimum atomic E-state index is -0.430. The smallest absolute Gasteiger partial charge is 0.339 e. The van der Waals surface area contributed by atoms with Crippen LogP contribution in [0.25, 0.3) is 0 Å². The molecule has 1 N–H and O–H groups in total. The molecule has 2 unspecified atom stereocenters. The van der Waals surface area contributed by atoms with Gasteiger partial charge in [0.1, 0.15) is 5.69 Å². The lowest BCUT2D eigenvalue weighted by atomic mass is 10.1. The summed E-state index contributed by atoms with van der Waals surface area (Å²) in [5, 5.41) is 2.95. The Bertz CT molecular complexity index is 921. The van der Waals surface area contributed by atoms with Crippen LogP contribution in [0.4, 0.5) is 0 Å². The van der Waals surface area contributed by atoms with Crippen molar-refractivity contribution < 1.29 is 19.1 Å². The van der Waals surface area contributed by atoms with Gasteiger partial charge in [0.15, 0.2) is 0 Å². The molecule has 0 spiro atoms. The van der Waals surface area contributed by atoms with Crippen molar-refractivity contribution in [2.24, 2.45) is 0 Å². The maximum absolute atomic E-state index is 12.6. The third-order valence-electron chi connectivity index (χ3n) is 5.26. The highest BCUT2D eigenvalue weighted by atomic mass is 16.5. The molecule has 1 fully saturated rings. The highest BCUT2D eigenvalue weighted by Crippen LogP contribution is 2.17. The zero-order valence-electron chi connectivity index (χ0n) is 18.7. The first kappa shape index (κ1) is 22.9. The van der Waals surface area contributed by atoms with Crippen LogP contribution in [0.5, 0.6) is 0 Å². The summed E-state index contributed by atoms with van der Waals surface area (Å²) in [6.07, 6.45) is 0.421. The van der Waals surface area contributed by atoms with E-state index in [0.717, 1.165) is 25.2 Å². The van der Waals surface area contributed by atoms with Gasteiger partial charge in [-0.15, -0.1) is 0 Å². The molecule has 7 nitrogen and oxygen atoms in total. The molecule has 166 valence electrons. The minimum Gasteiger partial charge on any atom is -0.462 e. The van der Waals surface area contributed by atoms with Crippen LogP contribution in [-0.4, -0.2) is 53.7 Å². The summed E-state index contributed by atoms with van der Waals surface area (Å²) in [5.74, 6) is -0.706. The lowest BCUT2D eigenvalue weighted by Crippen LogP contribution is -2.45. The summed E-state index contributed by atoms with van der Waals surface area (Å²) in [6.45, 7) is 10.9. The van der Waals surface area contributed by atoms with E-state index >= 15 is 0 Å².